The molecule has 0 unspecified atom stereocenters. The van der Waals surface area contributed by atoms with Crippen LogP contribution in [0, 0.1) is 0 Å². The molecule has 2 heterocycles. The Hall–Kier alpha value is -6.58. The maximum absolute atomic E-state index is 5.36. The molecule has 0 amide bonds. The van der Waals surface area contributed by atoms with Gasteiger partial charge in [0.25, 0.3) is 0 Å². The average Bonchev–Trinajstić information content (AvgIpc) is 3.57. The van der Waals surface area contributed by atoms with E-state index in [1.54, 1.807) is 0 Å². The van der Waals surface area contributed by atoms with Crippen LogP contribution in [0.25, 0.3) is 83.6 Å². The maximum atomic E-state index is 5.36. The Balaban J connectivity index is 1.40. The van der Waals surface area contributed by atoms with Gasteiger partial charge in [-0.05, 0) is 81.1 Å². The second kappa shape index (κ2) is 14.2. The van der Waals surface area contributed by atoms with Gasteiger partial charge in [0, 0.05) is 33.0 Å². The Bertz CT molecular complexity index is 2750. The average molecular weight is 738 g/mol. The fourth-order valence-electron chi connectivity index (χ4n) is 7.96. The summed E-state index contributed by atoms with van der Waals surface area (Å²) in [4.78, 5) is 10.5. The molecule has 0 atom stereocenters. The molecule has 0 radical (unpaired) electrons. The van der Waals surface area contributed by atoms with Gasteiger partial charge in [0.05, 0.1) is 28.1 Å². The van der Waals surface area contributed by atoms with Crippen LogP contribution in [-0.4, -0.2) is 14.5 Å². The van der Waals surface area contributed by atoms with Crippen molar-refractivity contribution in [2.45, 2.75) is 52.4 Å². The third-order valence-corrected chi connectivity index (χ3v) is 11.1. The first kappa shape index (κ1) is 36.1. The lowest BCUT2D eigenvalue weighted by Gasteiger charge is -2.21. The molecule has 0 saturated carbocycles. The molecule has 0 fully saturated rings. The zero-order chi connectivity index (χ0) is 39.3. The second-order valence-electron chi connectivity index (χ2n) is 17.1. The second-order valence-corrected chi connectivity index (χ2v) is 17.1. The van der Waals surface area contributed by atoms with Crippen molar-refractivity contribution in [3.05, 3.63) is 187 Å². The van der Waals surface area contributed by atoms with Gasteiger partial charge in [-0.1, -0.05) is 175 Å². The van der Waals surface area contributed by atoms with Gasteiger partial charge in [-0.3, -0.25) is 0 Å². The number of nitrogens with zero attached hydrogens (tertiary/aromatic N) is 3. The minimum Gasteiger partial charge on any atom is -0.309 e. The molecule has 0 N–H and O–H groups in total. The molecule has 57 heavy (non-hydrogen) atoms. The number of fused-ring (bicyclic) bond motifs is 3. The Kier molecular flexibility index (Phi) is 8.97. The molecule has 0 aliphatic heterocycles. The Morgan fingerprint density at radius 3 is 1.30 bits per heavy atom. The molecule has 7 aromatic carbocycles. The van der Waals surface area contributed by atoms with E-state index in [2.05, 4.69) is 198 Å². The van der Waals surface area contributed by atoms with Crippen LogP contribution >= 0.6 is 0 Å². The molecule has 0 aliphatic rings. The van der Waals surface area contributed by atoms with E-state index in [0.29, 0.717) is 5.82 Å². The van der Waals surface area contributed by atoms with E-state index in [-0.39, 0.29) is 10.8 Å². The number of hydrogen-bond acceptors (Lipinski definition) is 2. The summed E-state index contributed by atoms with van der Waals surface area (Å²) < 4.78 is 2.49. The molecular formula is C54H47N3. The molecule has 0 saturated heterocycles. The highest BCUT2D eigenvalue weighted by atomic mass is 15.0. The topological polar surface area (TPSA) is 30.7 Å². The predicted molar refractivity (Wildman–Crippen MR) is 241 cm³/mol. The molecule has 0 spiro atoms. The number of rotatable bonds is 6. The van der Waals surface area contributed by atoms with Crippen LogP contribution in [0.3, 0.4) is 0 Å². The lowest BCUT2D eigenvalue weighted by atomic mass is 9.85. The SMILES string of the molecule is CC(C)(C)c1ccc2c(c1)c1cc(C(C)(C)C)ccc1n2-c1cc(-c2ccccc2)c(-c2cc(-c3ccccc3)nc(-c3ccccc3)n2)cc1-c1ccccc1. The van der Waals surface area contributed by atoms with E-state index in [0.717, 1.165) is 56.0 Å². The number of aromatic nitrogens is 3. The van der Waals surface area contributed by atoms with E-state index < -0.39 is 0 Å². The first-order valence-corrected chi connectivity index (χ1v) is 19.9. The summed E-state index contributed by atoms with van der Waals surface area (Å²) in [5, 5.41) is 2.53. The number of hydrogen-bond donors (Lipinski definition) is 0. The summed E-state index contributed by atoms with van der Waals surface area (Å²) in [5.74, 6) is 0.697. The highest BCUT2D eigenvalue weighted by Crippen LogP contribution is 2.44. The molecule has 0 bridgehead atoms. The van der Waals surface area contributed by atoms with Crippen molar-refractivity contribution in [3.8, 4) is 61.8 Å². The maximum Gasteiger partial charge on any atom is 0.160 e. The fraction of sp³-hybridized carbons (Fsp3) is 0.148. The van der Waals surface area contributed by atoms with E-state index >= 15 is 0 Å². The summed E-state index contributed by atoms with van der Waals surface area (Å²) in [5.41, 5.74) is 15.5. The lowest BCUT2D eigenvalue weighted by Crippen LogP contribution is -2.10. The fourth-order valence-corrected chi connectivity index (χ4v) is 7.96. The van der Waals surface area contributed by atoms with Crippen molar-refractivity contribution in [2.24, 2.45) is 0 Å². The molecular weight excluding hydrogens is 691 g/mol. The van der Waals surface area contributed by atoms with Gasteiger partial charge in [-0.15, -0.1) is 0 Å². The lowest BCUT2D eigenvalue weighted by molar-refractivity contribution is 0.590. The summed E-state index contributed by atoms with van der Waals surface area (Å²) in [6.45, 7) is 13.8. The van der Waals surface area contributed by atoms with Gasteiger partial charge in [0.2, 0.25) is 0 Å². The molecule has 9 aromatic rings. The summed E-state index contributed by atoms with van der Waals surface area (Å²) in [6, 6.07) is 63.3. The van der Waals surface area contributed by atoms with E-state index in [1.165, 1.54) is 32.9 Å². The van der Waals surface area contributed by atoms with E-state index in [4.69, 9.17) is 9.97 Å². The molecule has 3 nitrogen and oxygen atoms in total. The Labute approximate surface area is 336 Å². The Morgan fingerprint density at radius 2 is 0.807 bits per heavy atom. The number of benzene rings is 7. The zero-order valence-electron chi connectivity index (χ0n) is 33.6. The summed E-state index contributed by atoms with van der Waals surface area (Å²) in [7, 11) is 0. The van der Waals surface area contributed by atoms with Crippen molar-refractivity contribution in [1.29, 1.82) is 0 Å². The summed E-state index contributed by atoms with van der Waals surface area (Å²) in [6.07, 6.45) is 0. The largest absolute Gasteiger partial charge is 0.309 e. The van der Waals surface area contributed by atoms with E-state index in [9.17, 15) is 0 Å². The van der Waals surface area contributed by atoms with Crippen molar-refractivity contribution in [1.82, 2.24) is 14.5 Å². The highest BCUT2D eigenvalue weighted by molar-refractivity contribution is 6.11. The molecule has 3 heteroatoms. The monoisotopic (exact) mass is 737 g/mol. The van der Waals surface area contributed by atoms with Crippen LogP contribution in [0.1, 0.15) is 52.7 Å². The van der Waals surface area contributed by atoms with Gasteiger partial charge in [-0.2, -0.15) is 0 Å². The first-order chi connectivity index (χ1) is 27.5. The normalized spacial score (nSPS) is 12.0. The van der Waals surface area contributed by atoms with Crippen molar-refractivity contribution in [3.63, 3.8) is 0 Å². The third-order valence-electron chi connectivity index (χ3n) is 11.1. The highest BCUT2D eigenvalue weighted by Gasteiger charge is 2.24. The Morgan fingerprint density at radius 1 is 0.368 bits per heavy atom. The molecule has 9 rings (SSSR count). The molecule has 2 aromatic heterocycles. The first-order valence-electron chi connectivity index (χ1n) is 19.9. The summed E-state index contributed by atoms with van der Waals surface area (Å²) >= 11 is 0. The van der Waals surface area contributed by atoms with Crippen molar-refractivity contribution >= 4 is 21.8 Å². The minimum atomic E-state index is 0.0102. The van der Waals surface area contributed by atoms with Crippen LogP contribution in [-0.2, 0) is 10.8 Å². The van der Waals surface area contributed by atoms with Crippen molar-refractivity contribution in [2.75, 3.05) is 0 Å². The predicted octanol–water partition coefficient (Wildman–Crippen LogP) is 14.5. The van der Waals surface area contributed by atoms with Gasteiger partial charge < -0.3 is 4.57 Å². The van der Waals surface area contributed by atoms with E-state index in [1.807, 2.05) is 24.3 Å². The van der Waals surface area contributed by atoms with Crippen LogP contribution in [0.4, 0.5) is 0 Å². The van der Waals surface area contributed by atoms with Crippen LogP contribution in [0.5, 0.6) is 0 Å². The minimum absolute atomic E-state index is 0.0102. The van der Waals surface area contributed by atoms with Gasteiger partial charge in [-0.25, -0.2) is 9.97 Å². The zero-order valence-corrected chi connectivity index (χ0v) is 33.6. The molecule has 278 valence electrons. The van der Waals surface area contributed by atoms with Crippen LogP contribution in [0.2, 0.25) is 0 Å². The van der Waals surface area contributed by atoms with Crippen LogP contribution < -0.4 is 0 Å². The smallest absolute Gasteiger partial charge is 0.160 e. The van der Waals surface area contributed by atoms with Crippen molar-refractivity contribution < 1.29 is 0 Å². The van der Waals surface area contributed by atoms with Crippen LogP contribution in [0.15, 0.2) is 176 Å². The van der Waals surface area contributed by atoms with Gasteiger partial charge in [0.1, 0.15) is 0 Å². The van der Waals surface area contributed by atoms with Gasteiger partial charge in [0.15, 0.2) is 5.82 Å². The quantitative estimate of drug-likeness (QED) is 0.170. The third kappa shape index (κ3) is 6.84. The molecule has 0 aliphatic carbocycles. The van der Waals surface area contributed by atoms with Gasteiger partial charge >= 0.3 is 0 Å². The standard InChI is InChI=1S/C54H47N3/c1-53(2,3)40-27-29-49-45(31-40)46-32-41(54(4,5)6)28-30-50(46)57(49)51-34-42(36-19-11-7-12-20-36)44(33-43(51)37-21-13-8-14-22-37)48-35-47(38-23-15-9-16-24-38)55-52(56-48)39-25-17-10-18-26-39/h7-35H,1-6H3.